The molecule has 1 aromatic rings. The van der Waals surface area contributed by atoms with Gasteiger partial charge in [-0.3, -0.25) is 0 Å². The molecule has 2 aliphatic rings. The second-order valence-electron chi connectivity index (χ2n) is 6.34. The molecule has 0 aromatic heterocycles. The number of hydrogen-bond donors (Lipinski definition) is 1. The molecule has 0 radical (unpaired) electrons. The zero-order chi connectivity index (χ0) is 13.3. The van der Waals surface area contributed by atoms with Crippen LogP contribution in [-0.2, 0) is 0 Å². The zero-order valence-corrected chi connectivity index (χ0v) is 11.8. The molecule has 3 heteroatoms. The number of hydrogen-bond acceptors (Lipinski definition) is 3. The lowest BCUT2D eigenvalue weighted by Gasteiger charge is -2.31. The Hall–Kier alpha value is -1.22. The standard InChI is InChI=1S/C16H23NO2/c1-16(2)9-5-8-15(16)17-10-12-11-18-13-6-3-4-7-14(13)19-12/h3-4,6-7,12,15,17H,5,8-11H2,1-2H3. The molecule has 0 amide bonds. The predicted octanol–water partition coefficient (Wildman–Crippen LogP) is 2.99. The molecule has 1 N–H and O–H groups in total. The van der Waals surface area contributed by atoms with Crippen molar-refractivity contribution >= 4 is 0 Å². The first-order chi connectivity index (χ1) is 9.15. The van der Waals surface area contributed by atoms with Crippen LogP contribution in [0.25, 0.3) is 0 Å². The quantitative estimate of drug-likeness (QED) is 0.907. The summed E-state index contributed by atoms with van der Waals surface area (Å²) in [6, 6.07) is 8.49. The third-order valence-corrected chi connectivity index (χ3v) is 4.42. The maximum absolute atomic E-state index is 5.97. The fourth-order valence-electron chi connectivity index (χ4n) is 3.14. The Morgan fingerprint density at radius 2 is 2.05 bits per heavy atom. The summed E-state index contributed by atoms with van der Waals surface area (Å²) < 4.78 is 11.7. The molecule has 1 saturated carbocycles. The highest BCUT2D eigenvalue weighted by Crippen LogP contribution is 2.37. The van der Waals surface area contributed by atoms with Gasteiger partial charge < -0.3 is 14.8 Å². The van der Waals surface area contributed by atoms with Crippen molar-refractivity contribution in [3.63, 3.8) is 0 Å². The molecule has 2 unspecified atom stereocenters. The number of rotatable bonds is 3. The number of nitrogens with one attached hydrogen (secondary N) is 1. The summed E-state index contributed by atoms with van der Waals surface area (Å²) in [5, 5.41) is 3.67. The minimum atomic E-state index is 0.117. The largest absolute Gasteiger partial charge is 0.486 e. The second kappa shape index (κ2) is 5.04. The van der Waals surface area contributed by atoms with Crippen LogP contribution >= 0.6 is 0 Å². The molecule has 2 atom stereocenters. The Morgan fingerprint density at radius 1 is 1.26 bits per heavy atom. The lowest BCUT2D eigenvalue weighted by Crippen LogP contribution is -2.45. The van der Waals surface area contributed by atoms with Gasteiger partial charge in [0.25, 0.3) is 0 Å². The highest BCUT2D eigenvalue weighted by Gasteiger charge is 2.34. The normalized spacial score (nSPS) is 28.3. The minimum Gasteiger partial charge on any atom is -0.486 e. The van der Waals surface area contributed by atoms with Gasteiger partial charge >= 0.3 is 0 Å². The lowest BCUT2D eigenvalue weighted by atomic mass is 9.87. The van der Waals surface area contributed by atoms with E-state index < -0.39 is 0 Å². The van der Waals surface area contributed by atoms with E-state index in [0.717, 1.165) is 18.0 Å². The molecular weight excluding hydrogens is 238 g/mol. The highest BCUT2D eigenvalue weighted by atomic mass is 16.6. The van der Waals surface area contributed by atoms with Crippen LogP contribution in [0.15, 0.2) is 24.3 Å². The molecule has 1 aliphatic carbocycles. The predicted molar refractivity (Wildman–Crippen MR) is 75.8 cm³/mol. The van der Waals surface area contributed by atoms with Crippen molar-refractivity contribution in [2.75, 3.05) is 13.2 Å². The molecule has 0 spiro atoms. The van der Waals surface area contributed by atoms with E-state index in [4.69, 9.17) is 9.47 Å². The van der Waals surface area contributed by atoms with Crippen LogP contribution in [0.3, 0.4) is 0 Å². The Balaban J connectivity index is 1.55. The molecular formula is C16H23NO2. The maximum atomic E-state index is 5.97. The van der Waals surface area contributed by atoms with Crippen molar-refractivity contribution in [3.8, 4) is 11.5 Å². The van der Waals surface area contributed by atoms with Gasteiger partial charge in [-0.15, -0.1) is 0 Å². The van der Waals surface area contributed by atoms with Crippen LogP contribution in [-0.4, -0.2) is 25.3 Å². The van der Waals surface area contributed by atoms with Crippen LogP contribution in [0.1, 0.15) is 33.1 Å². The van der Waals surface area contributed by atoms with Crippen molar-refractivity contribution < 1.29 is 9.47 Å². The van der Waals surface area contributed by atoms with Crippen LogP contribution in [0.4, 0.5) is 0 Å². The Labute approximate surface area is 115 Å². The molecule has 1 fully saturated rings. The smallest absolute Gasteiger partial charge is 0.161 e. The number of ether oxygens (including phenoxy) is 2. The van der Waals surface area contributed by atoms with Crippen molar-refractivity contribution in [1.29, 1.82) is 0 Å². The van der Waals surface area contributed by atoms with Crippen molar-refractivity contribution in [2.45, 2.75) is 45.3 Å². The van der Waals surface area contributed by atoms with E-state index in [2.05, 4.69) is 19.2 Å². The maximum Gasteiger partial charge on any atom is 0.161 e. The third kappa shape index (κ3) is 2.71. The molecule has 1 aromatic carbocycles. The van der Waals surface area contributed by atoms with Gasteiger partial charge in [-0.1, -0.05) is 32.4 Å². The van der Waals surface area contributed by atoms with Gasteiger partial charge in [-0.05, 0) is 30.4 Å². The van der Waals surface area contributed by atoms with E-state index in [1.165, 1.54) is 19.3 Å². The van der Waals surface area contributed by atoms with Gasteiger partial charge in [0.05, 0.1) is 0 Å². The van der Waals surface area contributed by atoms with E-state index >= 15 is 0 Å². The van der Waals surface area contributed by atoms with Crippen LogP contribution < -0.4 is 14.8 Å². The van der Waals surface area contributed by atoms with E-state index in [-0.39, 0.29) is 6.10 Å². The molecule has 3 nitrogen and oxygen atoms in total. The first kappa shape index (κ1) is 12.8. The topological polar surface area (TPSA) is 30.5 Å². The third-order valence-electron chi connectivity index (χ3n) is 4.42. The number of para-hydroxylation sites is 2. The summed E-state index contributed by atoms with van der Waals surface area (Å²) in [5.74, 6) is 1.73. The highest BCUT2D eigenvalue weighted by molar-refractivity contribution is 5.40. The van der Waals surface area contributed by atoms with E-state index in [9.17, 15) is 0 Å². The lowest BCUT2D eigenvalue weighted by molar-refractivity contribution is 0.0845. The molecule has 0 saturated heterocycles. The summed E-state index contributed by atoms with van der Waals surface area (Å²) in [7, 11) is 0. The summed E-state index contributed by atoms with van der Waals surface area (Å²) in [6.07, 6.45) is 4.04. The summed E-state index contributed by atoms with van der Waals surface area (Å²) in [4.78, 5) is 0. The van der Waals surface area contributed by atoms with E-state index in [1.807, 2.05) is 24.3 Å². The minimum absolute atomic E-state index is 0.117. The van der Waals surface area contributed by atoms with E-state index in [1.54, 1.807) is 0 Å². The van der Waals surface area contributed by atoms with Crippen LogP contribution in [0.5, 0.6) is 11.5 Å². The van der Waals surface area contributed by atoms with Crippen molar-refractivity contribution in [3.05, 3.63) is 24.3 Å². The number of fused-ring (bicyclic) bond motifs is 1. The molecule has 1 heterocycles. The van der Waals surface area contributed by atoms with Gasteiger partial charge in [-0.2, -0.15) is 0 Å². The second-order valence-corrected chi connectivity index (χ2v) is 6.34. The monoisotopic (exact) mass is 261 g/mol. The average Bonchev–Trinajstić information content (AvgIpc) is 2.75. The zero-order valence-electron chi connectivity index (χ0n) is 11.8. The first-order valence-electron chi connectivity index (χ1n) is 7.27. The average molecular weight is 261 g/mol. The summed E-state index contributed by atoms with van der Waals surface area (Å²) in [6.45, 7) is 6.20. The summed E-state index contributed by atoms with van der Waals surface area (Å²) >= 11 is 0. The Morgan fingerprint density at radius 3 is 2.79 bits per heavy atom. The Bertz CT molecular complexity index is 444. The van der Waals surface area contributed by atoms with Crippen molar-refractivity contribution in [1.82, 2.24) is 5.32 Å². The fraction of sp³-hybridized carbons (Fsp3) is 0.625. The van der Waals surface area contributed by atoms with Crippen molar-refractivity contribution in [2.24, 2.45) is 5.41 Å². The van der Waals surface area contributed by atoms with Gasteiger partial charge in [0.15, 0.2) is 11.5 Å². The van der Waals surface area contributed by atoms with E-state index in [0.29, 0.717) is 18.1 Å². The fourth-order valence-corrected chi connectivity index (χ4v) is 3.14. The SMILES string of the molecule is CC1(C)CCCC1NCC1COc2ccccc2O1. The molecule has 1 aliphatic heterocycles. The molecule has 0 bridgehead atoms. The van der Waals surface area contributed by atoms with Gasteiger partial charge in [0.2, 0.25) is 0 Å². The molecule has 104 valence electrons. The van der Waals surface area contributed by atoms with Crippen LogP contribution in [0.2, 0.25) is 0 Å². The molecule has 19 heavy (non-hydrogen) atoms. The van der Waals surface area contributed by atoms with Crippen LogP contribution in [0, 0.1) is 5.41 Å². The Kier molecular flexibility index (Phi) is 3.40. The first-order valence-corrected chi connectivity index (χ1v) is 7.27. The van der Waals surface area contributed by atoms with Gasteiger partial charge in [0, 0.05) is 12.6 Å². The van der Waals surface area contributed by atoms with Gasteiger partial charge in [-0.25, -0.2) is 0 Å². The summed E-state index contributed by atoms with van der Waals surface area (Å²) in [5.41, 5.74) is 0.410. The molecule has 3 rings (SSSR count). The van der Waals surface area contributed by atoms with Gasteiger partial charge in [0.1, 0.15) is 12.7 Å². The number of benzene rings is 1.